The van der Waals surface area contributed by atoms with Crippen molar-refractivity contribution >= 4 is 20.0 Å². The van der Waals surface area contributed by atoms with Gasteiger partial charge in [-0.15, -0.1) is 0 Å². The van der Waals surface area contributed by atoms with Gasteiger partial charge in [-0.3, -0.25) is 0 Å². The summed E-state index contributed by atoms with van der Waals surface area (Å²) in [4.78, 5) is 0.0358. The molecule has 3 rings (SSSR count). The molecular weight excluding hydrogens is 366 g/mol. The number of sulfonamides is 2. The van der Waals surface area contributed by atoms with Crippen molar-refractivity contribution in [3.05, 3.63) is 41.3 Å². The molecule has 2 N–H and O–H groups in total. The summed E-state index contributed by atoms with van der Waals surface area (Å²) in [5.74, 6) is 0.549. The van der Waals surface area contributed by atoms with E-state index in [0.29, 0.717) is 17.0 Å². The number of nitrogens with zero attached hydrogens (tertiary/aromatic N) is 1. The average Bonchev–Trinajstić information content (AvgIpc) is 3.30. The number of hydrogen-bond donors (Lipinski definition) is 2. The standard InChI is InChI=1S/C15H19N3O5S2/c1-10-15(11(2)23-17-10)9-16-24(19,20)13-5-7-14(8-6-13)25(21,22)18-12-3-4-12/h5-8,12,16,18H,3-4,9H2,1-2H3. The molecule has 10 heteroatoms. The van der Waals surface area contributed by atoms with Gasteiger partial charge in [0.2, 0.25) is 20.0 Å². The number of benzene rings is 1. The summed E-state index contributed by atoms with van der Waals surface area (Å²) >= 11 is 0. The molecule has 0 aliphatic heterocycles. The Kier molecular flexibility index (Phi) is 4.71. The van der Waals surface area contributed by atoms with Gasteiger partial charge < -0.3 is 4.52 Å². The molecule has 1 aromatic carbocycles. The lowest BCUT2D eigenvalue weighted by molar-refractivity contribution is 0.392. The second-order valence-electron chi connectivity index (χ2n) is 5.99. The summed E-state index contributed by atoms with van der Waals surface area (Å²) in [7, 11) is -7.38. The first-order valence-electron chi connectivity index (χ1n) is 7.73. The normalized spacial score (nSPS) is 15.4. The minimum atomic E-state index is -3.78. The molecule has 1 aliphatic rings. The summed E-state index contributed by atoms with van der Waals surface area (Å²) in [6.45, 7) is 3.48. The molecule has 1 aliphatic carbocycles. The highest BCUT2D eigenvalue weighted by atomic mass is 32.2. The van der Waals surface area contributed by atoms with Crippen molar-refractivity contribution in [3.63, 3.8) is 0 Å². The van der Waals surface area contributed by atoms with Crippen LogP contribution in [0, 0.1) is 13.8 Å². The van der Waals surface area contributed by atoms with Crippen molar-refractivity contribution in [2.45, 2.75) is 49.1 Å². The molecule has 2 aromatic rings. The molecule has 8 nitrogen and oxygen atoms in total. The molecule has 0 radical (unpaired) electrons. The van der Waals surface area contributed by atoms with Crippen LogP contribution in [-0.4, -0.2) is 28.0 Å². The van der Waals surface area contributed by atoms with Crippen LogP contribution in [0.25, 0.3) is 0 Å². The van der Waals surface area contributed by atoms with Crippen LogP contribution in [0.15, 0.2) is 38.6 Å². The predicted octanol–water partition coefficient (Wildman–Crippen LogP) is 1.21. The van der Waals surface area contributed by atoms with E-state index in [1.54, 1.807) is 13.8 Å². The van der Waals surface area contributed by atoms with E-state index in [9.17, 15) is 16.8 Å². The van der Waals surface area contributed by atoms with Gasteiger partial charge in [-0.25, -0.2) is 26.3 Å². The van der Waals surface area contributed by atoms with Crippen molar-refractivity contribution < 1.29 is 21.4 Å². The molecule has 0 amide bonds. The summed E-state index contributed by atoms with van der Waals surface area (Å²) in [5, 5.41) is 3.77. The highest BCUT2D eigenvalue weighted by Crippen LogP contribution is 2.23. The lowest BCUT2D eigenvalue weighted by Crippen LogP contribution is -2.26. The first kappa shape index (κ1) is 18.1. The number of hydrogen-bond acceptors (Lipinski definition) is 6. The molecule has 25 heavy (non-hydrogen) atoms. The van der Waals surface area contributed by atoms with E-state index in [1.165, 1.54) is 24.3 Å². The zero-order valence-corrected chi connectivity index (χ0v) is 15.4. The molecule has 1 saturated carbocycles. The smallest absolute Gasteiger partial charge is 0.240 e. The molecule has 0 saturated heterocycles. The second kappa shape index (κ2) is 6.52. The van der Waals surface area contributed by atoms with Crippen LogP contribution in [0.3, 0.4) is 0 Å². The second-order valence-corrected chi connectivity index (χ2v) is 9.48. The van der Waals surface area contributed by atoms with Crippen molar-refractivity contribution in [1.82, 2.24) is 14.6 Å². The molecule has 1 fully saturated rings. The first-order valence-corrected chi connectivity index (χ1v) is 10.7. The minimum Gasteiger partial charge on any atom is -0.361 e. The Bertz CT molecular complexity index is 955. The highest BCUT2D eigenvalue weighted by molar-refractivity contribution is 7.90. The zero-order chi connectivity index (χ0) is 18.2. The van der Waals surface area contributed by atoms with Gasteiger partial charge in [0.15, 0.2) is 0 Å². The third-order valence-electron chi connectivity index (χ3n) is 3.96. The maximum absolute atomic E-state index is 12.4. The Morgan fingerprint density at radius 3 is 2.08 bits per heavy atom. The predicted molar refractivity (Wildman–Crippen MR) is 89.8 cm³/mol. The van der Waals surface area contributed by atoms with Crippen LogP contribution in [0.2, 0.25) is 0 Å². The number of rotatable bonds is 7. The quantitative estimate of drug-likeness (QED) is 0.739. The zero-order valence-electron chi connectivity index (χ0n) is 13.8. The molecule has 0 atom stereocenters. The Morgan fingerprint density at radius 2 is 1.60 bits per heavy atom. The van der Waals surface area contributed by atoms with E-state index < -0.39 is 20.0 Å². The topological polar surface area (TPSA) is 118 Å². The van der Waals surface area contributed by atoms with E-state index in [-0.39, 0.29) is 22.4 Å². The third kappa shape index (κ3) is 4.09. The Hall–Kier alpha value is -1.75. The molecule has 1 aromatic heterocycles. The molecule has 136 valence electrons. The molecule has 0 unspecified atom stereocenters. The molecule has 0 bridgehead atoms. The number of aryl methyl sites for hydroxylation is 2. The third-order valence-corrected chi connectivity index (χ3v) is 6.92. The van der Waals surface area contributed by atoms with Crippen molar-refractivity contribution in [2.24, 2.45) is 0 Å². The first-order chi connectivity index (χ1) is 11.7. The lowest BCUT2D eigenvalue weighted by atomic mass is 10.2. The van der Waals surface area contributed by atoms with Crippen molar-refractivity contribution in [1.29, 1.82) is 0 Å². The number of nitrogens with one attached hydrogen (secondary N) is 2. The van der Waals surface area contributed by atoms with E-state index in [0.717, 1.165) is 12.8 Å². The van der Waals surface area contributed by atoms with E-state index in [1.807, 2.05) is 0 Å². The van der Waals surface area contributed by atoms with Crippen LogP contribution in [0.5, 0.6) is 0 Å². The molecular formula is C15H19N3O5S2. The van der Waals surface area contributed by atoms with Crippen molar-refractivity contribution in [2.75, 3.05) is 0 Å². The maximum atomic E-state index is 12.4. The fourth-order valence-corrected chi connectivity index (χ4v) is 4.59. The van der Waals surface area contributed by atoms with Gasteiger partial charge >= 0.3 is 0 Å². The van der Waals surface area contributed by atoms with E-state index >= 15 is 0 Å². The van der Waals surface area contributed by atoms with Crippen LogP contribution in [0.1, 0.15) is 29.9 Å². The van der Waals surface area contributed by atoms with Crippen LogP contribution in [0.4, 0.5) is 0 Å². The fraction of sp³-hybridized carbons (Fsp3) is 0.400. The van der Waals surface area contributed by atoms with Gasteiger partial charge in [0.1, 0.15) is 5.76 Å². The van der Waals surface area contributed by atoms with Crippen molar-refractivity contribution in [3.8, 4) is 0 Å². The van der Waals surface area contributed by atoms with E-state index in [2.05, 4.69) is 14.6 Å². The fourth-order valence-electron chi connectivity index (χ4n) is 2.29. The molecule has 1 heterocycles. The highest BCUT2D eigenvalue weighted by Gasteiger charge is 2.28. The Balaban J connectivity index is 1.74. The van der Waals surface area contributed by atoms with Gasteiger partial charge in [-0.1, -0.05) is 5.16 Å². The maximum Gasteiger partial charge on any atom is 0.240 e. The lowest BCUT2D eigenvalue weighted by Gasteiger charge is -2.09. The summed E-state index contributed by atoms with van der Waals surface area (Å²) in [6, 6.07) is 5.11. The summed E-state index contributed by atoms with van der Waals surface area (Å²) in [6.07, 6.45) is 1.66. The largest absolute Gasteiger partial charge is 0.361 e. The monoisotopic (exact) mass is 385 g/mol. The van der Waals surface area contributed by atoms with Gasteiger partial charge in [-0.2, -0.15) is 0 Å². The van der Waals surface area contributed by atoms with Crippen LogP contribution >= 0.6 is 0 Å². The van der Waals surface area contributed by atoms with Crippen LogP contribution < -0.4 is 9.44 Å². The summed E-state index contributed by atoms with van der Waals surface area (Å²) in [5.41, 5.74) is 1.30. The minimum absolute atomic E-state index is 0.00914. The summed E-state index contributed by atoms with van der Waals surface area (Å²) < 4.78 is 59.0. The van der Waals surface area contributed by atoms with Gasteiger partial charge in [0.25, 0.3) is 0 Å². The average molecular weight is 385 g/mol. The van der Waals surface area contributed by atoms with E-state index in [4.69, 9.17) is 4.52 Å². The number of aromatic nitrogens is 1. The molecule has 0 spiro atoms. The van der Waals surface area contributed by atoms with Gasteiger partial charge in [0, 0.05) is 18.2 Å². The van der Waals surface area contributed by atoms with Gasteiger partial charge in [-0.05, 0) is 51.0 Å². The van der Waals surface area contributed by atoms with Gasteiger partial charge in [0.05, 0.1) is 15.5 Å². The SMILES string of the molecule is Cc1noc(C)c1CNS(=O)(=O)c1ccc(S(=O)(=O)NC2CC2)cc1. The Labute approximate surface area is 146 Å². The van der Waals surface area contributed by atoms with Crippen LogP contribution in [-0.2, 0) is 26.6 Å². The Morgan fingerprint density at radius 1 is 1.04 bits per heavy atom.